The second-order valence-corrected chi connectivity index (χ2v) is 10.2. The maximum absolute atomic E-state index is 13.4. The van der Waals surface area contributed by atoms with E-state index in [1.807, 2.05) is 0 Å². The van der Waals surface area contributed by atoms with E-state index in [-0.39, 0.29) is 27.9 Å². The molecule has 1 fully saturated rings. The van der Waals surface area contributed by atoms with E-state index >= 15 is 0 Å². The van der Waals surface area contributed by atoms with Gasteiger partial charge in [0.25, 0.3) is 5.56 Å². The lowest BCUT2D eigenvalue weighted by molar-refractivity contribution is -0.148. The zero-order valence-corrected chi connectivity index (χ0v) is 24.0. The summed E-state index contributed by atoms with van der Waals surface area (Å²) in [5, 5.41) is 0. The van der Waals surface area contributed by atoms with Crippen LogP contribution in [0.3, 0.4) is 0 Å². The molecule has 0 saturated carbocycles. The Bertz CT molecular complexity index is 2000. The van der Waals surface area contributed by atoms with Crippen molar-refractivity contribution in [2.24, 2.45) is 14.1 Å². The Balaban J connectivity index is 1.47. The third-order valence-corrected chi connectivity index (χ3v) is 7.33. The maximum Gasteiger partial charge on any atom is 0.340 e. The highest BCUT2D eigenvalue weighted by atomic mass is 16.8. The summed E-state index contributed by atoms with van der Waals surface area (Å²) in [6.45, 7) is 0. The molecule has 0 bridgehead atoms. The summed E-state index contributed by atoms with van der Waals surface area (Å²) in [4.78, 5) is 70.0. The number of esters is 3. The lowest BCUT2D eigenvalue weighted by Gasteiger charge is -2.24. The van der Waals surface area contributed by atoms with Crippen molar-refractivity contribution >= 4 is 29.1 Å². The highest BCUT2D eigenvalue weighted by molar-refractivity contribution is 5.91. The molecular weight excluding hydrogens is 584 g/mol. The molecule has 228 valence electrons. The van der Waals surface area contributed by atoms with Crippen molar-refractivity contribution < 1.29 is 33.3 Å². The number of imidazole rings is 1. The number of hydrogen-bond donors (Lipinski definition) is 0. The molecule has 45 heavy (non-hydrogen) atoms. The van der Waals surface area contributed by atoms with Crippen LogP contribution in [-0.4, -0.2) is 55.1 Å². The smallest absolute Gasteiger partial charge is 0.340 e. The van der Waals surface area contributed by atoms with Crippen LogP contribution < -0.4 is 11.2 Å². The third kappa shape index (κ3) is 5.52. The molecule has 0 N–H and O–H groups in total. The largest absolute Gasteiger partial charge is 0.450 e. The van der Waals surface area contributed by atoms with Crippen LogP contribution in [0.25, 0.3) is 11.2 Å². The molecule has 3 aromatic carbocycles. The first kappa shape index (κ1) is 29.3. The number of aryl methyl sites for hydroxylation is 1. The van der Waals surface area contributed by atoms with Crippen LogP contribution in [0.4, 0.5) is 0 Å². The second kappa shape index (κ2) is 12.1. The van der Waals surface area contributed by atoms with Gasteiger partial charge in [0.15, 0.2) is 23.5 Å². The molecule has 2 aromatic heterocycles. The first-order valence-corrected chi connectivity index (χ1v) is 13.8. The van der Waals surface area contributed by atoms with Crippen LogP contribution in [0.15, 0.2) is 107 Å². The van der Waals surface area contributed by atoms with Gasteiger partial charge in [-0.3, -0.25) is 18.5 Å². The fourth-order valence-electron chi connectivity index (χ4n) is 5.01. The zero-order valence-electron chi connectivity index (χ0n) is 24.0. The highest BCUT2D eigenvalue weighted by Gasteiger charge is 2.53. The number of nitrogens with zero attached hydrogens (tertiary/aromatic N) is 4. The van der Waals surface area contributed by atoms with Crippen molar-refractivity contribution in [3.63, 3.8) is 0 Å². The molecule has 3 heterocycles. The Morgan fingerprint density at radius 3 is 1.64 bits per heavy atom. The Morgan fingerprint density at radius 1 is 0.667 bits per heavy atom. The molecule has 1 saturated heterocycles. The standard InChI is InChI=1S/C32H26N4O9/c1-34-25-22(26(37)35(2)32(34)41)36(18-33-25)27-23(42-28(38)19-12-6-3-7-13-19)24(43-29(39)20-14-8-4-9-15-20)31(44-27)45-30(40)21-16-10-5-11-17-21/h3-18,23-24,27,31H,1-2H3. The lowest BCUT2D eigenvalue weighted by Crippen LogP contribution is -2.41. The van der Waals surface area contributed by atoms with Gasteiger partial charge in [-0.2, -0.15) is 0 Å². The number of aromatic nitrogens is 4. The molecular formula is C32H26N4O9. The van der Waals surface area contributed by atoms with Gasteiger partial charge < -0.3 is 18.9 Å². The van der Waals surface area contributed by atoms with E-state index < -0.39 is 53.9 Å². The van der Waals surface area contributed by atoms with Gasteiger partial charge in [0.05, 0.1) is 16.7 Å². The maximum atomic E-state index is 13.4. The van der Waals surface area contributed by atoms with Crippen molar-refractivity contribution in [3.05, 3.63) is 135 Å². The molecule has 13 nitrogen and oxygen atoms in total. The highest BCUT2D eigenvalue weighted by Crippen LogP contribution is 2.37. The molecule has 0 spiro atoms. The van der Waals surface area contributed by atoms with Crippen molar-refractivity contribution in [1.82, 2.24) is 18.7 Å². The van der Waals surface area contributed by atoms with Gasteiger partial charge in [-0.1, -0.05) is 54.6 Å². The van der Waals surface area contributed by atoms with Gasteiger partial charge >= 0.3 is 23.6 Å². The first-order valence-electron chi connectivity index (χ1n) is 13.8. The molecule has 0 amide bonds. The normalized spacial score (nSPS) is 19.2. The van der Waals surface area contributed by atoms with Crippen LogP contribution in [0.5, 0.6) is 0 Å². The van der Waals surface area contributed by atoms with Gasteiger partial charge in [0.2, 0.25) is 12.4 Å². The average Bonchev–Trinajstić information content (AvgIpc) is 3.65. The minimum absolute atomic E-state index is 0.0300. The summed E-state index contributed by atoms with van der Waals surface area (Å²) in [5.41, 5.74) is -0.795. The summed E-state index contributed by atoms with van der Waals surface area (Å²) in [7, 11) is 2.75. The molecule has 4 atom stereocenters. The van der Waals surface area contributed by atoms with E-state index in [0.29, 0.717) is 0 Å². The van der Waals surface area contributed by atoms with Gasteiger partial charge in [-0.25, -0.2) is 24.2 Å². The molecule has 5 aromatic rings. The summed E-state index contributed by atoms with van der Waals surface area (Å²) < 4.78 is 26.9. The van der Waals surface area contributed by atoms with Gasteiger partial charge in [0.1, 0.15) is 6.33 Å². The van der Waals surface area contributed by atoms with Crippen LogP contribution in [0, 0.1) is 0 Å². The monoisotopic (exact) mass is 610 g/mol. The SMILES string of the molecule is Cn1c(=O)c2c(ncn2C2OC(OC(=O)c3ccccc3)C(OC(=O)c3ccccc3)C2OC(=O)c2ccccc2)n(C)c1=O. The molecule has 1 aliphatic rings. The molecule has 0 aliphatic carbocycles. The molecule has 6 rings (SSSR count). The van der Waals surface area contributed by atoms with Gasteiger partial charge in [0, 0.05) is 14.1 Å². The summed E-state index contributed by atoms with van der Waals surface area (Å²) >= 11 is 0. The minimum atomic E-state index is -1.60. The lowest BCUT2D eigenvalue weighted by atomic mass is 10.1. The van der Waals surface area contributed by atoms with Crippen molar-refractivity contribution in [1.29, 1.82) is 0 Å². The van der Waals surface area contributed by atoms with E-state index in [2.05, 4.69) is 4.98 Å². The number of ether oxygens (including phenoxy) is 4. The van der Waals surface area contributed by atoms with Gasteiger partial charge in [-0.15, -0.1) is 0 Å². The van der Waals surface area contributed by atoms with Crippen LogP contribution in [0.2, 0.25) is 0 Å². The Hall–Kier alpha value is -5.82. The Morgan fingerprint density at radius 2 is 1.13 bits per heavy atom. The van der Waals surface area contributed by atoms with E-state index in [1.165, 1.54) is 66.0 Å². The predicted molar refractivity (Wildman–Crippen MR) is 157 cm³/mol. The van der Waals surface area contributed by atoms with Crippen molar-refractivity contribution in [3.8, 4) is 0 Å². The van der Waals surface area contributed by atoms with E-state index in [9.17, 15) is 24.0 Å². The van der Waals surface area contributed by atoms with E-state index in [0.717, 1.165) is 4.57 Å². The third-order valence-electron chi connectivity index (χ3n) is 7.33. The first-order chi connectivity index (χ1) is 21.7. The summed E-state index contributed by atoms with van der Waals surface area (Å²) in [5.74, 6) is -2.40. The Kier molecular flexibility index (Phi) is 7.84. The van der Waals surface area contributed by atoms with E-state index in [1.54, 1.807) is 54.6 Å². The molecule has 0 radical (unpaired) electrons. The number of carbonyl (C=O) groups is 3. The van der Waals surface area contributed by atoms with Crippen molar-refractivity contribution in [2.45, 2.75) is 24.7 Å². The molecule has 1 aliphatic heterocycles. The van der Waals surface area contributed by atoms with Gasteiger partial charge in [-0.05, 0) is 36.4 Å². The number of benzene rings is 3. The topological polar surface area (TPSA) is 150 Å². The number of carbonyl (C=O) groups excluding carboxylic acids is 3. The fraction of sp³-hybridized carbons (Fsp3) is 0.188. The van der Waals surface area contributed by atoms with Crippen LogP contribution >= 0.6 is 0 Å². The molecule has 4 unspecified atom stereocenters. The Labute approximate surface area is 254 Å². The van der Waals surface area contributed by atoms with Crippen molar-refractivity contribution in [2.75, 3.05) is 0 Å². The fourth-order valence-corrected chi connectivity index (χ4v) is 5.01. The number of hydrogen-bond acceptors (Lipinski definition) is 10. The van der Waals surface area contributed by atoms with Crippen LogP contribution in [-0.2, 0) is 33.0 Å². The quantitative estimate of drug-likeness (QED) is 0.199. The number of fused-ring (bicyclic) bond motifs is 1. The molecule has 13 heteroatoms. The zero-order chi connectivity index (χ0) is 31.7. The van der Waals surface area contributed by atoms with Crippen LogP contribution in [0.1, 0.15) is 37.3 Å². The minimum Gasteiger partial charge on any atom is -0.450 e. The second-order valence-electron chi connectivity index (χ2n) is 10.2. The summed E-state index contributed by atoms with van der Waals surface area (Å²) in [6, 6.07) is 24.2. The van der Waals surface area contributed by atoms with E-state index in [4.69, 9.17) is 18.9 Å². The number of rotatable bonds is 7. The summed E-state index contributed by atoms with van der Waals surface area (Å²) in [6.07, 6.45) is -4.72. The predicted octanol–water partition coefficient (Wildman–Crippen LogP) is 2.60. The average molecular weight is 611 g/mol.